The van der Waals surface area contributed by atoms with Gasteiger partial charge < -0.3 is 4.90 Å². The summed E-state index contributed by atoms with van der Waals surface area (Å²) in [5, 5.41) is 21.4. The van der Waals surface area contributed by atoms with Crippen molar-refractivity contribution in [3.63, 3.8) is 0 Å². The molecule has 1 heterocycles. The first-order chi connectivity index (χ1) is 9.81. The maximum Gasteiger partial charge on any atom is 0.202 e. The van der Waals surface area contributed by atoms with E-state index < -0.39 is 0 Å². The van der Waals surface area contributed by atoms with Crippen LogP contribution in [0.4, 0.5) is 5.69 Å². The Hall–Kier alpha value is -2.35. The van der Waals surface area contributed by atoms with Crippen molar-refractivity contribution in [3.8, 4) is 6.07 Å². The number of hydrogen-bond acceptors (Lipinski definition) is 4. The molecule has 0 aliphatic carbocycles. The lowest BCUT2D eigenvalue weighted by molar-refractivity contribution is 0.438. The van der Waals surface area contributed by atoms with Gasteiger partial charge in [-0.05, 0) is 25.0 Å². The van der Waals surface area contributed by atoms with Crippen LogP contribution in [0.1, 0.15) is 25.7 Å². The van der Waals surface area contributed by atoms with Crippen LogP contribution in [0.5, 0.6) is 0 Å². The van der Waals surface area contributed by atoms with Gasteiger partial charge in [0.05, 0.1) is 5.69 Å². The molecule has 0 bridgehead atoms. The highest BCUT2D eigenvalue weighted by atomic mass is 15.3. The monoisotopic (exact) mass is 269 g/mol. The molecule has 5 nitrogen and oxygen atoms in total. The Morgan fingerprint density at radius 1 is 1.15 bits per heavy atom. The van der Waals surface area contributed by atoms with Crippen molar-refractivity contribution in [2.45, 2.75) is 25.7 Å². The first kappa shape index (κ1) is 14.1. The largest absolute Gasteiger partial charge is 0.355 e. The molecule has 104 valence electrons. The van der Waals surface area contributed by atoms with Crippen LogP contribution in [0.15, 0.2) is 35.4 Å². The second kappa shape index (κ2) is 7.29. The Morgan fingerprint density at radius 3 is 2.40 bits per heavy atom. The quantitative estimate of drug-likeness (QED) is 0.503. The van der Waals surface area contributed by atoms with Gasteiger partial charge in [-0.2, -0.15) is 10.4 Å². The SMILES string of the molecule is N#C/C(=N\Nc1ccccc1)C(=N)N1CCCCCC1. The molecule has 1 saturated heterocycles. The summed E-state index contributed by atoms with van der Waals surface area (Å²) < 4.78 is 0. The fourth-order valence-electron chi connectivity index (χ4n) is 2.21. The molecule has 5 heteroatoms. The lowest BCUT2D eigenvalue weighted by Crippen LogP contribution is -2.36. The molecule has 0 spiro atoms. The number of nitrogens with one attached hydrogen (secondary N) is 2. The summed E-state index contributed by atoms with van der Waals surface area (Å²) in [6, 6.07) is 11.5. The van der Waals surface area contributed by atoms with E-state index in [0.717, 1.165) is 31.6 Å². The van der Waals surface area contributed by atoms with E-state index in [0.29, 0.717) is 0 Å². The summed E-state index contributed by atoms with van der Waals surface area (Å²) in [6.45, 7) is 1.68. The second-order valence-corrected chi connectivity index (χ2v) is 4.80. The Balaban J connectivity index is 2.03. The minimum absolute atomic E-state index is 0.135. The predicted octanol–water partition coefficient (Wildman–Crippen LogP) is 2.83. The molecular weight excluding hydrogens is 250 g/mol. The van der Waals surface area contributed by atoms with Crippen LogP contribution in [0.25, 0.3) is 0 Å². The van der Waals surface area contributed by atoms with E-state index in [9.17, 15) is 5.26 Å². The Labute approximate surface area is 119 Å². The number of likely N-dealkylation sites (tertiary alicyclic amines) is 1. The average Bonchev–Trinajstić information content (AvgIpc) is 2.78. The summed E-state index contributed by atoms with van der Waals surface area (Å²) in [4.78, 5) is 1.95. The fourth-order valence-corrected chi connectivity index (χ4v) is 2.21. The predicted molar refractivity (Wildman–Crippen MR) is 80.9 cm³/mol. The Kier molecular flexibility index (Phi) is 5.13. The Bertz CT molecular complexity index is 507. The summed E-state index contributed by atoms with van der Waals surface area (Å²) in [7, 11) is 0. The topological polar surface area (TPSA) is 75.3 Å². The van der Waals surface area contributed by atoms with Gasteiger partial charge in [0.15, 0.2) is 5.84 Å². The molecule has 0 aromatic heterocycles. The third kappa shape index (κ3) is 3.82. The number of anilines is 1. The lowest BCUT2D eigenvalue weighted by Gasteiger charge is -2.21. The van der Waals surface area contributed by atoms with Crippen LogP contribution < -0.4 is 5.43 Å². The highest BCUT2D eigenvalue weighted by Crippen LogP contribution is 2.11. The normalized spacial score (nSPS) is 16.1. The minimum Gasteiger partial charge on any atom is -0.355 e. The third-order valence-electron chi connectivity index (χ3n) is 3.32. The average molecular weight is 269 g/mol. The van der Waals surface area contributed by atoms with Crippen molar-refractivity contribution in [2.75, 3.05) is 18.5 Å². The van der Waals surface area contributed by atoms with E-state index in [4.69, 9.17) is 5.41 Å². The number of benzene rings is 1. The van der Waals surface area contributed by atoms with Gasteiger partial charge in [0, 0.05) is 13.1 Å². The van der Waals surface area contributed by atoms with Gasteiger partial charge in [-0.25, -0.2) is 0 Å². The first-order valence-corrected chi connectivity index (χ1v) is 6.94. The summed E-state index contributed by atoms with van der Waals surface area (Å²) >= 11 is 0. The number of nitriles is 1. The molecule has 20 heavy (non-hydrogen) atoms. The van der Waals surface area contributed by atoms with Gasteiger partial charge in [-0.3, -0.25) is 10.8 Å². The molecule has 1 fully saturated rings. The molecule has 1 aromatic rings. The third-order valence-corrected chi connectivity index (χ3v) is 3.32. The van der Waals surface area contributed by atoms with Crippen LogP contribution >= 0.6 is 0 Å². The van der Waals surface area contributed by atoms with E-state index >= 15 is 0 Å². The molecule has 1 aromatic carbocycles. The van der Waals surface area contributed by atoms with Gasteiger partial charge in [0.2, 0.25) is 5.71 Å². The molecule has 0 radical (unpaired) electrons. The minimum atomic E-state index is 0.135. The van der Waals surface area contributed by atoms with Gasteiger partial charge in [0.1, 0.15) is 6.07 Å². The molecule has 1 aliphatic heterocycles. The maximum absolute atomic E-state index is 9.19. The summed E-state index contributed by atoms with van der Waals surface area (Å²) in [6.07, 6.45) is 4.55. The number of hydrogen-bond donors (Lipinski definition) is 2. The van der Waals surface area contributed by atoms with Gasteiger partial charge in [0.25, 0.3) is 0 Å². The Morgan fingerprint density at radius 2 is 1.80 bits per heavy atom. The molecule has 0 amide bonds. The second-order valence-electron chi connectivity index (χ2n) is 4.80. The molecular formula is C15H19N5. The number of hydrazone groups is 1. The van der Waals surface area contributed by atoms with Crippen molar-refractivity contribution in [1.82, 2.24) is 4.90 Å². The molecule has 0 atom stereocenters. The molecule has 2 N–H and O–H groups in total. The van der Waals surface area contributed by atoms with Crippen molar-refractivity contribution >= 4 is 17.2 Å². The van der Waals surface area contributed by atoms with Gasteiger partial charge >= 0.3 is 0 Å². The zero-order valence-corrected chi connectivity index (χ0v) is 11.5. The van der Waals surface area contributed by atoms with Crippen molar-refractivity contribution in [1.29, 1.82) is 10.7 Å². The molecule has 2 rings (SSSR count). The van der Waals surface area contributed by atoms with Crippen LogP contribution in [-0.2, 0) is 0 Å². The van der Waals surface area contributed by atoms with E-state index in [1.807, 2.05) is 41.3 Å². The van der Waals surface area contributed by atoms with Crippen molar-refractivity contribution in [2.24, 2.45) is 5.10 Å². The van der Waals surface area contributed by atoms with Crippen LogP contribution in [0, 0.1) is 16.7 Å². The standard InChI is InChI=1S/C15H19N5/c16-12-14(19-18-13-8-4-3-5-9-13)15(17)20-10-6-1-2-7-11-20/h3-5,8-9,17-18H,1-2,6-7,10-11H2/b17-15?,19-14+. The molecule has 1 aliphatic rings. The highest BCUT2D eigenvalue weighted by molar-refractivity contribution is 6.46. The van der Waals surface area contributed by atoms with E-state index in [-0.39, 0.29) is 11.5 Å². The number of rotatable bonds is 3. The van der Waals surface area contributed by atoms with Gasteiger partial charge in [-0.15, -0.1) is 0 Å². The highest BCUT2D eigenvalue weighted by Gasteiger charge is 2.17. The van der Waals surface area contributed by atoms with Crippen molar-refractivity contribution < 1.29 is 0 Å². The lowest BCUT2D eigenvalue weighted by atomic mass is 10.2. The maximum atomic E-state index is 9.19. The van der Waals surface area contributed by atoms with Crippen molar-refractivity contribution in [3.05, 3.63) is 30.3 Å². The summed E-state index contributed by atoms with van der Waals surface area (Å²) in [5.74, 6) is 0.220. The first-order valence-electron chi connectivity index (χ1n) is 6.94. The van der Waals surface area contributed by atoms with E-state index in [1.54, 1.807) is 0 Å². The number of nitrogens with zero attached hydrogens (tertiary/aromatic N) is 3. The fraction of sp³-hybridized carbons (Fsp3) is 0.400. The van der Waals surface area contributed by atoms with Crippen LogP contribution in [0.3, 0.4) is 0 Å². The zero-order valence-electron chi connectivity index (χ0n) is 11.5. The van der Waals surface area contributed by atoms with E-state index in [2.05, 4.69) is 10.5 Å². The number of amidine groups is 1. The smallest absolute Gasteiger partial charge is 0.202 e. The zero-order chi connectivity index (χ0) is 14.2. The molecule has 0 unspecified atom stereocenters. The van der Waals surface area contributed by atoms with Crippen LogP contribution in [0.2, 0.25) is 0 Å². The summed E-state index contributed by atoms with van der Waals surface area (Å²) in [5.41, 5.74) is 3.77. The van der Waals surface area contributed by atoms with E-state index in [1.165, 1.54) is 12.8 Å². The van der Waals surface area contributed by atoms with Crippen LogP contribution in [-0.4, -0.2) is 29.5 Å². The van der Waals surface area contributed by atoms with Gasteiger partial charge in [-0.1, -0.05) is 31.0 Å². The number of para-hydroxylation sites is 1. The molecule has 0 saturated carbocycles.